The number of anilines is 1. The molecule has 0 aliphatic carbocycles. The first-order chi connectivity index (χ1) is 7.29. The fraction of sp³-hybridized carbons (Fsp3) is 0.0769. The van der Waals surface area contributed by atoms with E-state index < -0.39 is 0 Å². The topological polar surface area (TPSA) is 26.0 Å². The van der Waals surface area contributed by atoms with Crippen LogP contribution in [0.3, 0.4) is 0 Å². The standard InChI is InChI=1S/C13H11ClN/c14-13(10-6-2-1-3-7-10)11-8-4-5-9-12(11)15/h1-4,6-9,13H,15H2. The first kappa shape index (κ1) is 10.1. The van der Waals surface area contributed by atoms with Gasteiger partial charge in [0.2, 0.25) is 0 Å². The summed E-state index contributed by atoms with van der Waals surface area (Å²) >= 11 is 6.34. The van der Waals surface area contributed by atoms with Crippen molar-refractivity contribution in [1.29, 1.82) is 0 Å². The lowest BCUT2D eigenvalue weighted by Crippen LogP contribution is -1.98. The fourth-order valence-corrected chi connectivity index (χ4v) is 1.83. The summed E-state index contributed by atoms with van der Waals surface area (Å²) in [4.78, 5) is 0. The lowest BCUT2D eigenvalue weighted by atomic mass is 10.0. The van der Waals surface area contributed by atoms with Crippen LogP contribution in [0.1, 0.15) is 16.5 Å². The molecule has 2 aromatic carbocycles. The molecule has 0 fully saturated rings. The SMILES string of the molecule is Nc1c[c]ccc1C(Cl)c1ccccc1. The van der Waals surface area contributed by atoms with Crippen molar-refractivity contribution in [2.45, 2.75) is 5.38 Å². The molecule has 0 saturated heterocycles. The summed E-state index contributed by atoms with van der Waals surface area (Å²) in [5.74, 6) is 0. The summed E-state index contributed by atoms with van der Waals surface area (Å²) in [6, 6.07) is 18.3. The summed E-state index contributed by atoms with van der Waals surface area (Å²) < 4.78 is 0. The van der Waals surface area contributed by atoms with E-state index in [1.807, 2.05) is 42.5 Å². The molecule has 0 saturated carbocycles. The van der Waals surface area contributed by atoms with Crippen molar-refractivity contribution >= 4 is 17.3 Å². The summed E-state index contributed by atoms with van der Waals surface area (Å²) in [5.41, 5.74) is 8.51. The third-order valence-electron chi connectivity index (χ3n) is 2.30. The van der Waals surface area contributed by atoms with E-state index in [-0.39, 0.29) is 5.38 Å². The molecule has 0 bridgehead atoms. The zero-order valence-electron chi connectivity index (χ0n) is 8.15. The fourth-order valence-electron chi connectivity index (χ4n) is 1.49. The van der Waals surface area contributed by atoms with Crippen LogP contribution in [0, 0.1) is 6.07 Å². The average Bonchev–Trinajstić information content (AvgIpc) is 2.30. The second kappa shape index (κ2) is 4.37. The van der Waals surface area contributed by atoms with Gasteiger partial charge in [0.15, 0.2) is 0 Å². The van der Waals surface area contributed by atoms with Gasteiger partial charge in [0.05, 0.1) is 5.38 Å². The number of benzene rings is 2. The molecule has 1 atom stereocenters. The van der Waals surface area contributed by atoms with Gasteiger partial charge in [-0.2, -0.15) is 0 Å². The van der Waals surface area contributed by atoms with Gasteiger partial charge >= 0.3 is 0 Å². The van der Waals surface area contributed by atoms with Gasteiger partial charge in [-0.15, -0.1) is 11.6 Å². The average molecular weight is 217 g/mol. The molecule has 0 heterocycles. The zero-order chi connectivity index (χ0) is 10.7. The molecule has 1 unspecified atom stereocenters. The van der Waals surface area contributed by atoms with E-state index in [4.69, 9.17) is 17.3 Å². The molecule has 15 heavy (non-hydrogen) atoms. The second-order valence-electron chi connectivity index (χ2n) is 3.33. The van der Waals surface area contributed by atoms with Gasteiger partial charge in [0, 0.05) is 5.69 Å². The Morgan fingerprint density at radius 3 is 2.53 bits per heavy atom. The van der Waals surface area contributed by atoms with E-state index in [0.717, 1.165) is 11.1 Å². The highest BCUT2D eigenvalue weighted by molar-refractivity contribution is 6.23. The van der Waals surface area contributed by atoms with Crippen LogP contribution in [0.5, 0.6) is 0 Å². The Balaban J connectivity index is 2.37. The Hall–Kier alpha value is -1.47. The predicted molar refractivity (Wildman–Crippen MR) is 63.8 cm³/mol. The highest BCUT2D eigenvalue weighted by Gasteiger charge is 2.12. The summed E-state index contributed by atoms with van der Waals surface area (Å²) in [6.07, 6.45) is 0. The van der Waals surface area contributed by atoms with Crippen molar-refractivity contribution < 1.29 is 0 Å². The third-order valence-corrected chi connectivity index (χ3v) is 2.78. The molecule has 0 aromatic heterocycles. The normalized spacial score (nSPS) is 12.3. The maximum absolute atomic E-state index is 6.34. The van der Waals surface area contributed by atoms with Crippen LogP contribution in [0.2, 0.25) is 0 Å². The summed E-state index contributed by atoms with van der Waals surface area (Å²) in [5, 5.41) is -0.194. The van der Waals surface area contributed by atoms with Crippen molar-refractivity contribution in [3.63, 3.8) is 0 Å². The molecule has 0 aliphatic heterocycles. The highest BCUT2D eigenvalue weighted by Crippen LogP contribution is 2.31. The van der Waals surface area contributed by atoms with E-state index in [2.05, 4.69) is 6.07 Å². The van der Waals surface area contributed by atoms with Crippen molar-refractivity contribution in [3.05, 3.63) is 65.7 Å². The van der Waals surface area contributed by atoms with Gasteiger partial charge in [-0.05, 0) is 23.3 Å². The Morgan fingerprint density at radius 2 is 1.87 bits per heavy atom. The predicted octanol–water partition coefficient (Wildman–Crippen LogP) is 3.40. The van der Waals surface area contributed by atoms with Crippen LogP contribution in [-0.2, 0) is 0 Å². The Morgan fingerprint density at radius 1 is 1.13 bits per heavy atom. The summed E-state index contributed by atoms with van der Waals surface area (Å²) in [6.45, 7) is 0. The van der Waals surface area contributed by atoms with Gasteiger partial charge in [-0.1, -0.05) is 42.5 Å². The molecule has 1 radical (unpaired) electrons. The molecule has 0 amide bonds. The molecule has 2 rings (SSSR count). The number of nitrogen functional groups attached to an aromatic ring is 1. The minimum Gasteiger partial charge on any atom is -0.398 e. The van der Waals surface area contributed by atoms with Crippen molar-refractivity contribution in [2.24, 2.45) is 0 Å². The van der Waals surface area contributed by atoms with E-state index in [0.29, 0.717) is 5.69 Å². The van der Waals surface area contributed by atoms with Gasteiger partial charge in [-0.3, -0.25) is 0 Å². The first-order valence-corrected chi connectivity index (χ1v) is 5.17. The van der Waals surface area contributed by atoms with Gasteiger partial charge in [-0.25, -0.2) is 0 Å². The van der Waals surface area contributed by atoms with Gasteiger partial charge < -0.3 is 5.73 Å². The zero-order valence-corrected chi connectivity index (χ0v) is 8.91. The quantitative estimate of drug-likeness (QED) is 0.604. The number of alkyl halides is 1. The number of nitrogens with two attached hydrogens (primary N) is 1. The molecule has 0 aliphatic rings. The molecule has 2 N–H and O–H groups in total. The molecular weight excluding hydrogens is 206 g/mol. The van der Waals surface area contributed by atoms with Crippen LogP contribution in [-0.4, -0.2) is 0 Å². The van der Waals surface area contributed by atoms with Crippen LogP contribution < -0.4 is 5.73 Å². The number of rotatable bonds is 2. The minimum absolute atomic E-state index is 0.194. The molecule has 0 spiro atoms. The minimum atomic E-state index is -0.194. The first-order valence-electron chi connectivity index (χ1n) is 4.73. The highest BCUT2D eigenvalue weighted by atomic mass is 35.5. The van der Waals surface area contributed by atoms with Crippen molar-refractivity contribution in [3.8, 4) is 0 Å². The lowest BCUT2D eigenvalue weighted by Gasteiger charge is -2.12. The summed E-state index contributed by atoms with van der Waals surface area (Å²) in [7, 11) is 0. The monoisotopic (exact) mass is 216 g/mol. The number of hydrogen-bond acceptors (Lipinski definition) is 1. The van der Waals surface area contributed by atoms with Crippen LogP contribution in [0.15, 0.2) is 48.5 Å². The van der Waals surface area contributed by atoms with Crippen molar-refractivity contribution in [1.82, 2.24) is 0 Å². The molecule has 2 heteroatoms. The maximum Gasteiger partial charge on any atom is 0.0855 e. The van der Waals surface area contributed by atoms with Gasteiger partial charge in [0.25, 0.3) is 0 Å². The van der Waals surface area contributed by atoms with E-state index in [1.54, 1.807) is 6.07 Å². The third kappa shape index (κ3) is 2.13. The Labute approximate surface area is 94.5 Å². The molecular formula is C13H11ClN. The molecule has 2 aromatic rings. The van der Waals surface area contributed by atoms with Crippen molar-refractivity contribution in [2.75, 3.05) is 5.73 Å². The smallest absolute Gasteiger partial charge is 0.0855 e. The van der Waals surface area contributed by atoms with Crippen LogP contribution in [0.25, 0.3) is 0 Å². The molecule has 75 valence electrons. The Bertz CT molecular complexity index is 439. The number of hydrogen-bond donors (Lipinski definition) is 1. The Kier molecular flexibility index (Phi) is 2.93. The number of halogens is 1. The van der Waals surface area contributed by atoms with Crippen LogP contribution >= 0.6 is 11.6 Å². The van der Waals surface area contributed by atoms with Gasteiger partial charge in [0.1, 0.15) is 0 Å². The van der Waals surface area contributed by atoms with Crippen LogP contribution in [0.4, 0.5) is 5.69 Å². The van der Waals surface area contributed by atoms with E-state index >= 15 is 0 Å². The lowest BCUT2D eigenvalue weighted by molar-refractivity contribution is 1.14. The molecule has 1 nitrogen and oxygen atoms in total. The van der Waals surface area contributed by atoms with E-state index in [1.165, 1.54) is 0 Å². The van der Waals surface area contributed by atoms with E-state index in [9.17, 15) is 0 Å². The largest absolute Gasteiger partial charge is 0.398 e. The maximum atomic E-state index is 6.34. The second-order valence-corrected chi connectivity index (χ2v) is 3.76.